The lowest BCUT2D eigenvalue weighted by Crippen LogP contribution is -1.49. The van der Waals surface area contributed by atoms with E-state index in [1.165, 1.54) is 0 Å². The summed E-state index contributed by atoms with van der Waals surface area (Å²) in [7, 11) is 0. The Morgan fingerprint density at radius 3 is 2.40 bits per heavy atom. The van der Waals surface area contributed by atoms with Gasteiger partial charge < -0.3 is 0 Å². The predicted octanol–water partition coefficient (Wildman–Crippen LogP) is 0.581. The Hall–Kier alpha value is -0.0400. The lowest BCUT2D eigenvalue weighted by atomic mass is 10.8. The van der Waals surface area contributed by atoms with Crippen molar-refractivity contribution in [2.45, 2.75) is 0 Å². The molecular formula is C3HIO. The average molecular weight is 180 g/mol. The molecule has 0 aliphatic rings. The molecule has 0 saturated carbocycles. The molecule has 0 saturated heterocycles. The number of carbonyl (C=O) groups is 1. The summed E-state index contributed by atoms with van der Waals surface area (Å²) in [6, 6.07) is 0. The number of hydrogen-bond donors (Lipinski definition) is 0. The Kier molecular flexibility index (Phi) is 3.93. The Labute approximate surface area is 43.9 Å². The normalized spacial score (nSPS) is 4.20. The van der Waals surface area contributed by atoms with Crippen molar-refractivity contribution in [3.05, 3.63) is 0 Å². The molecule has 0 aromatic heterocycles. The molecule has 0 aliphatic heterocycles. The van der Waals surface area contributed by atoms with Crippen molar-refractivity contribution in [2.24, 2.45) is 0 Å². The lowest BCUT2D eigenvalue weighted by molar-refractivity contribution is -0.103. The molecule has 0 atom stereocenters. The van der Waals surface area contributed by atoms with Gasteiger partial charge in [-0.25, -0.2) is 0 Å². The van der Waals surface area contributed by atoms with E-state index in [-0.39, 0.29) is 0 Å². The van der Waals surface area contributed by atoms with Gasteiger partial charge in [-0.3, -0.25) is 4.79 Å². The molecule has 0 fully saturated rings. The number of rotatable bonds is 0. The number of carbonyl (C=O) groups excluding carboxylic acids is 1. The SMILES string of the molecule is O=CC#CI. The zero-order valence-electron chi connectivity index (χ0n) is 2.36. The fourth-order valence-corrected chi connectivity index (χ4v) is 0.149. The molecule has 26 valence electrons. The van der Waals surface area contributed by atoms with Gasteiger partial charge in [0.15, 0.2) is 6.29 Å². The van der Waals surface area contributed by atoms with Gasteiger partial charge in [0, 0.05) is 22.6 Å². The summed E-state index contributed by atoms with van der Waals surface area (Å²) < 4.78 is 2.37. The first kappa shape index (κ1) is 4.96. The van der Waals surface area contributed by atoms with Crippen LogP contribution in [-0.2, 0) is 4.79 Å². The van der Waals surface area contributed by atoms with Gasteiger partial charge in [-0.05, 0) is 9.85 Å². The first-order valence-electron chi connectivity index (χ1n) is 0.963. The van der Waals surface area contributed by atoms with Gasteiger partial charge in [-0.15, -0.1) is 0 Å². The smallest absolute Gasteiger partial charge is 0.193 e. The summed E-state index contributed by atoms with van der Waals surface area (Å²) in [6.45, 7) is 0. The molecule has 5 heavy (non-hydrogen) atoms. The zero-order chi connectivity index (χ0) is 4.12. The van der Waals surface area contributed by atoms with E-state index in [0.717, 1.165) is 0 Å². The van der Waals surface area contributed by atoms with E-state index >= 15 is 0 Å². The van der Waals surface area contributed by atoms with Crippen LogP contribution >= 0.6 is 22.6 Å². The summed E-state index contributed by atoms with van der Waals surface area (Å²) in [5.41, 5.74) is 0. The molecule has 0 aromatic rings. The molecule has 0 aliphatic carbocycles. The number of hydrogen-bond acceptors (Lipinski definition) is 1. The molecule has 0 radical (unpaired) electrons. The maximum absolute atomic E-state index is 9.23. The Balaban J connectivity index is 3.16. The van der Waals surface area contributed by atoms with Crippen LogP contribution in [0.15, 0.2) is 0 Å². The van der Waals surface area contributed by atoms with Crippen molar-refractivity contribution in [1.29, 1.82) is 0 Å². The highest BCUT2D eigenvalue weighted by Gasteiger charge is 1.45. The lowest BCUT2D eigenvalue weighted by Gasteiger charge is -1.40. The quantitative estimate of drug-likeness (QED) is 0.302. The Bertz CT molecular complexity index is 76.6. The molecule has 0 aromatic carbocycles. The minimum absolute atomic E-state index is 0.562. The van der Waals surface area contributed by atoms with Crippen LogP contribution in [0.4, 0.5) is 0 Å². The summed E-state index contributed by atoms with van der Waals surface area (Å²) in [5.74, 6) is 2.17. The standard InChI is InChI=1S/C3HIO/c4-2-1-3-5/h3H. The fourth-order valence-electron chi connectivity index (χ4n) is 0.0223. The van der Waals surface area contributed by atoms with Gasteiger partial charge in [-0.2, -0.15) is 0 Å². The van der Waals surface area contributed by atoms with Crippen molar-refractivity contribution in [3.8, 4) is 9.85 Å². The fraction of sp³-hybridized carbons (Fsp3) is 0. The van der Waals surface area contributed by atoms with E-state index in [0.29, 0.717) is 6.29 Å². The first-order valence-corrected chi connectivity index (χ1v) is 2.04. The van der Waals surface area contributed by atoms with Crippen molar-refractivity contribution < 1.29 is 4.79 Å². The molecule has 1 nitrogen and oxygen atoms in total. The number of halogens is 1. The van der Waals surface area contributed by atoms with Crippen LogP contribution < -0.4 is 0 Å². The maximum Gasteiger partial charge on any atom is 0.193 e. The van der Waals surface area contributed by atoms with Gasteiger partial charge in [0.25, 0.3) is 0 Å². The van der Waals surface area contributed by atoms with E-state index in [1.807, 2.05) is 0 Å². The molecule has 0 spiro atoms. The van der Waals surface area contributed by atoms with Crippen molar-refractivity contribution >= 4 is 28.9 Å². The van der Waals surface area contributed by atoms with Crippen LogP contribution in [0.3, 0.4) is 0 Å². The summed E-state index contributed by atoms with van der Waals surface area (Å²) in [4.78, 5) is 9.23. The van der Waals surface area contributed by atoms with Crippen molar-refractivity contribution in [1.82, 2.24) is 0 Å². The van der Waals surface area contributed by atoms with Crippen LogP contribution in [0, 0.1) is 9.85 Å². The third-order valence-corrected chi connectivity index (χ3v) is 0.425. The van der Waals surface area contributed by atoms with Crippen LogP contribution in [0.2, 0.25) is 0 Å². The van der Waals surface area contributed by atoms with E-state index < -0.39 is 0 Å². The molecule has 0 amide bonds. The van der Waals surface area contributed by atoms with Gasteiger partial charge in [0.05, 0.1) is 0 Å². The summed E-state index contributed by atoms with van der Waals surface area (Å²) in [6.07, 6.45) is 0.562. The van der Waals surface area contributed by atoms with Crippen LogP contribution in [-0.4, -0.2) is 6.29 Å². The third kappa shape index (κ3) is 3.96. The second kappa shape index (κ2) is 3.96. The Morgan fingerprint density at radius 1 is 1.80 bits per heavy atom. The summed E-state index contributed by atoms with van der Waals surface area (Å²) >= 11 is 1.80. The van der Waals surface area contributed by atoms with Crippen LogP contribution in [0.5, 0.6) is 0 Å². The topological polar surface area (TPSA) is 17.1 Å². The summed E-state index contributed by atoms with van der Waals surface area (Å²) in [5, 5.41) is 0. The van der Waals surface area contributed by atoms with Gasteiger partial charge >= 0.3 is 0 Å². The predicted molar refractivity (Wildman–Crippen MR) is 27.9 cm³/mol. The minimum Gasteiger partial charge on any atom is -0.289 e. The molecular weight excluding hydrogens is 179 g/mol. The molecule has 0 rings (SSSR count). The average Bonchev–Trinajstić information content (AvgIpc) is 1.41. The van der Waals surface area contributed by atoms with E-state index in [9.17, 15) is 4.79 Å². The van der Waals surface area contributed by atoms with E-state index in [4.69, 9.17) is 0 Å². The Morgan fingerprint density at radius 2 is 2.40 bits per heavy atom. The van der Waals surface area contributed by atoms with E-state index in [1.54, 1.807) is 22.6 Å². The van der Waals surface area contributed by atoms with Crippen LogP contribution in [0.1, 0.15) is 0 Å². The highest BCUT2D eigenvalue weighted by molar-refractivity contribution is 14.1. The highest BCUT2D eigenvalue weighted by atomic mass is 127. The second-order valence-electron chi connectivity index (χ2n) is 0.357. The largest absolute Gasteiger partial charge is 0.289 e. The molecule has 0 heterocycles. The second-order valence-corrected chi connectivity index (χ2v) is 0.896. The van der Waals surface area contributed by atoms with E-state index in [2.05, 4.69) is 9.85 Å². The van der Waals surface area contributed by atoms with Gasteiger partial charge in [0.2, 0.25) is 0 Å². The molecule has 2 heteroatoms. The third-order valence-electron chi connectivity index (χ3n) is 0.113. The van der Waals surface area contributed by atoms with Gasteiger partial charge in [0.1, 0.15) is 0 Å². The molecule has 0 bridgehead atoms. The maximum atomic E-state index is 9.23. The van der Waals surface area contributed by atoms with Crippen LogP contribution in [0.25, 0.3) is 0 Å². The monoisotopic (exact) mass is 180 g/mol. The zero-order valence-corrected chi connectivity index (χ0v) is 4.52. The molecule has 0 unspecified atom stereocenters. The van der Waals surface area contributed by atoms with Gasteiger partial charge in [-0.1, -0.05) is 0 Å². The first-order chi connectivity index (χ1) is 2.41. The van der Waals surface area contributed by atoms with Crippen molar-refractivity contribution in [2.75, 3.05) is 0 Å². The van der Waals surface area contributed by atoms with Crippen molar-refractivity contribution in [3.63, 3.8) is 0 Å². The number of aldehydes is 1. The highest BCUT2D eigenvalue weighted by Crippen LogP contribution is 1.64. The minimum atomic E-state index is 0.562. The molecule has 0 N–H and O–H groups in total.